The third-order valence-electron chi connectivity index (χ3n) is 6.35. The van der Waals surface area contributed by atoms with Crippen LogP contribution in [0.1, 0.15) is 11.4 Å². The predicted octanol–water partition coefficient (Wildman–Crippen LogP) is 3.91. The molecule has 148 valence electrons. The van der Waals surface area contributed by atoms with E-state index in [2.05, 4.69) is 9.97 Å². The molecular formula is C22H20F2N4O. The summed E-state index contributed by atoms with van der Waals surface area (Å²) in [5, 5.41) is 0. The lowest BCUT2D eigenvalue weighted by molar-refractivity contribution is 0.0797. The fourth-order valence-electron chi connectivity index (χ4n) is 4.70. The molecule has 2 aliphatic heterocycles. The summed E-state index contributed by atoms with van der Waals surface area (Å²) < 4.78 is 33.1. The van der Waals surface area contributed by atoms with Gasteiger partial charge in [0.05, 0.1) is 42.0 Å². The molecule has 1 aromatic carbocycles. The van der Waals surface area contributed by atoms with Crippen molar-refractivity contribution < 1.29 is 13.5 Å². The second kappa shape index (κ2) is 6.10. The van der Waals surface area contributed by atoms with E-state index in [1.165, 1.54) is 0 Å². The van der Waals surface area contributed by atoms with Crippen LogP contribution in [-0.2, 0) is 17.8 Å². The van der Waals surface area contributed by atoms with Crippen LogP contribution >= 0.6 is 0 Å². The van der Waals surface area contributed by atoms with Crippen molar-refractivity contribution in [2.75, 3.05) is 24.6 Å². The van der Waals surface area contributed by atoms with Crippen LogP contribution in [0.3, 0.4) is 0 Å². The first-order chi connectivity index (χ1) is 14.1. The van der Waals surface area contributed by atoms with E-state index in [1.54, 1.807) is 6.20 Å². The number of fused-ring (bicyclic) bond motifs is 2. The maximum absolute atomic E-state index is 13.8. The zero-order valence-corrected chi connectivity index (χ0v) is 15.7. The summed E-state index contributed by atoms with van der Waals surface area (Å²) in [6, 6.07) is 12.0. The number of piperidine rings is 1. The number of aromatic amines is 1. The topological polar surface area (TPSA) is 54.0 Å². The standard InChI is InChI=1S/C22H20F2N4O/c23-22(24)15-10-28(11-16(15)22)21-19(20-26-17-7-9-29-12-18(17)27-20)14(6-8-25-21)13-4-2-1-3-5-13/h1-6,8,15-16H,7,9-12H2,(H,26,27). The van der Waals surface area contributed by atoms with Crippen LogP contribution in [0.5, 0.6) is 0 Å². The fraction of sp³-hybridized carbons (Fsp3) is 0.364. The largest absolute Gasteiger partial charge is 0.375 e. The SMILES string of the molecule is FC1(F)C2CN(c3nccc(-c4ccccc4)c3-c3nc4c([nH]3)COCC4)CC21. The van der Waals surface area contributed by atoms with Gasteiger partial charge < -0.3 is 14.6 Å². The summed E-state index contributed by atoms with van der Waals surface area (Å²) >= 11 is 0. The number of benzene rings is 1. The Bertz CT molecular complexity index is 1040. The number of hydrogen-bond acceptors (Lipinski definition) is 4. The molecule has 6 rings (SSSR count). The van der Waals surface area contributed by atoms with Gasteiger partial charge in [-0.3, -0.25) is 0 Å². The van der Waals surface area contributed by atoms with Gasteiger partial charge in [-0.25, -0.2) is 18.7 Å². The molecule has 2 fully saturated rings. The second-order valence-corrected chi connectivity index (χ2v) is 8.03. The average Bonchev–Trinajstić information content (AvgIpc) is 3.18. The normalized spacial score (nSPS) is 24.3. The summed E-state index contributed by atoms with van der Waals surface area (Å²) in [6.45, 7) is 1.84. The van der Waals surface area contributed by atoms with Crippen molar-refractivity contribution in [3.8, 4) is 22.5 Å². The number of anilines is 1. The van der Waals surface area contributed by atoms with Crippen LogP contribution in [0.15, 0.2) is 42.6 Å². The quantitative estimate of drug-likeness (QED) is 0.732. The number of nitrogens with one attached hydrogen (secondary N) is 1. The minimum atomic E-state index is -2.52. The molecule has 1 aliphatic carbocycles. The zero-order chi connectivity index (χ0) is 19.6. The van der Waals surface area contributed by atoms with E-state index in [9.17, 15) is 8.78 Å². The number of imidazole rings is 1. The van der Waals surface area contributed by atoms with Crippen molar-refractivity contribution in [3.05, 3.63) is 54.0 Å². The molecule has 29 heavy (non-hydrogen) atoms. The van der Waals surface area contributed by atoms with Gasteiger partial charge in [0, 0.05) is 25.7 Å². The Morgan fingerprint density at radius 3 is 2.66 bits per heavy atom. The highest BCUT2D eigenvalue weighted by molar-refractivity contribution is 5.88. The minimum Gasteiger partial charge on any atom is -0.375 e. The van der Waals surface area contributed by atoms with Gasteiger partial charge in [-0.05, 0) is 17.2 Å². The van der Waals surface area contributed by atoms with E-state index in [4.69, 9.17) is 9.72 Å². The average molecular weight is 394 g/mol. The first-order valence-electron chi connectivity index (χ1n) is 9.96. The summed E-state index contributed by atoms with van der Waals surface area (Å²) in [7, 11) is 0. The van der Waals surface area contributed by atoms with Crippen molar-refractivity contribution in [1.82, 2.24) is 15.0 Å². The van der Waals surface area contributed by atoms with E-state index < -0.39 is 17.8 Å². The summed E-state index contributed by atoms with van der Waals surface area (Å²) in [4.78, 5) is 14.9. The minimum absolute atomic E-state index is 0.333. The molecule has 0 radical (unpaired) electrons. The lowest BCUT2D eigenvalue weighted by Gasteiger charge is -2.24. The number of H-pyrrole nitrogens is 1. The molecule has 0 spiro atoms. The zero-order valence-electron chi connectivity index (χ0n) is 15.7. The molecular weight excluding hydrogens is 374 g/mol. The van der Waals surface area contributed by atoms with Crippen molar-refractivity contribution in [2.24, 2.45) is 11.8 Å². The van der Waals surface area contributed by atoms with Gasteiger partial charge in [-0.2, -0.15) is 0 Å². The monoisotopic (exact) mass is 394 g/mol. The number of nitrogens with zero attached hydrogens (tertiary/aromatic N) is 3. The van der Waals surface area contributed by atoms with Crippen LogP contribution in [0, 0.1) is 11.8 Å². The molecule has 0 amide bonds. The van der Waals surface area contributed by atoms with Crippen molar-refractivity contribution >= 4 is 5.82 Å². The Morgan fingerprint density at radius 1 is 1.10 bits per heavy atom. The van der Waals surface area contributed by atoms with E-state index in [1.807, 2.05) is 41.3 Å². The highest BCUT2D eigenvalue weighted by Crippen LogP contribution is 2.60. The molecule has 2 aromatic heterocycles. The van der Waals surface area contributed by atoms with Crippen LogP contribution in [0.2, 0.25) is 0 Å². The number of ether oxygens (including phenoxy) is 1. The van der Waals surface area contributed by atoms with E-state index in [-0.39, 0.29) is 0 Å². The summed E-state index contributed by atoms with van der Waals surface area (Å²) in [5.74, 6) is -2.18. The van der Waals surface area contributed by atoms with Gasteiger partial charge in [0.25, 0.3) is 5.92 Å². The number of halogens is 2. The number of hydrogen-bond donors (Lipinski definition) is 1. The fourth-order valence-corrected chi connectivity index (χ4v) is 4.70. The Morgan fingerprint density at radius 2 is 1.90 bits per heavy atom. The molecule has 3 aromatic rings. The molecule has 1 saturated carbocycles. The van der Waals surface area contributed by atoms with Crippen LogP contribution in [0.4, 0.5) is 14.6 Å². The summed E-state index contributed by atoms with van der Waals surface area (Å²) in [5.41, 5.74) is 4.91. The maximum atomic E-state index is 13.8. The number of alkyl halides is 2. The van der Waals surface area contributed by atoms with Crippen molar-refractivity contribution in [1.29, 1.82) is 0 Å². The number of pyridine rings is 1. The van der Waals surface area contributed by atoms with Gasteiger partial charge in [-0.1, -0.05) is 30.3 Å². The molecule has 3 aliphatic rings. The van der Waals surface area contributed by atoms with E-state index in [0.717, 1.165) is 46.1 Å². The molecule has 2 atom stereocenters. The van der Waals surface area contributed by atoms with Crippen LogP contribution < -0.4 is 4.90 Å². The first kappa shape index (κ1) is 17.1. The third-order valence-corrected chi connectivity index (χ3v) is 6.35. The smallest absolute Gasteiger partial charge is 0.258 e. The Labute approximate surface area is 166 Å². The van der Waals surface area contributed by atoms with E-state index >= 15 is 0 Å². The highest BCUT2D eigenvalue weighted by atomic mass is 19.3. The van der Waals surface area contributed by atoms with Gasteiger partial charge in [0.2, 0.25) is 0 Å². The highest BCUT2D eigenvalue weighted by Gasteiger charge is 2.71. The summed E-state index contributed by atoms with van der Waals surface area (Å²) in [6.07, 6.45) is 2.53. The van der Waals surface area contributed by atoms with Gasteiger partial charge in [0.1, 0.15) is 11.6 Å². The lowest BCUT2D eigenvalue weighted by Crippen LogP contribution is -2.28. The number of aromatic nitrogens is 3. The molecule has 1 saturated heterocycles. The van der Waals surface area contributed by atoms with Gasteiger partial charge in [0.15, 0.2) is 0 Å². The van der Waals surface area contributed by atoms with Crippen molar-refractivity contribution in [3.63, 3.8) is 0 Å². The Kier molecular flexibility index (Phi) is 3.59. The van der Waals surface area contributed by atoms with Gasteiger partial charge in [-0.15, -0.1) is 0 Å². The third kappa shape index (κ3) is 2.60. The van der Waals surface area contributed by atoms with Crippen LogP contribution in [-0.4, -0.2) is 40.6 Å². The van der Waals surface area contributed by atoms with Crippen LogP contribution in [0.25, 0.3) is 22.5 Å². The first-order valence-corrected chi connectivity index (χ1v) is 9.96. The second-order valence-electron chi connectivity index (χ2n) is 8.03. The van der Waals surface area contributed by atoms with E-state index in [0.29, 0.717) is 26.3 Å². The molecule has 0 bridgehead atoms. The lowest BCUT2D eigenvalue weighted by atomic mass is 10.00. The molecule has 4 heterocycles. The predicted molar refractivity (Wildman–Crippen MR) is 105 cm³/mol. The Hall–Kier alpha value is -2.80. The molecule has 2 unspecified atom stereocenters. The van der Waals surface area contributed by atoms with Gasteiger partial charge >= 0.3 is 0 Å². The Balaban J connectivity index is 1.49. The molecule has 7 heteroatoms. The number of rotatable bonds is 3. The molecule has 1 N–H and O–H groups in total. The molecule has 5 nitrogen and oxygen atoms in total. The van der Waals surface area contributed by atoms with Crippen molar-refractivity contribution in [2.45, 2.75) is 19.0 Å². The maximum Gasteiger partial charge on any atom is 0.258 e.